The zero-order chi connectivity index (χ0) is 24.9. The molecule has 2 fully saturated rings. The third-order valence-corrected chi connectivity index (χ3v) is 7.26. The van der Waals surface area contributed by atoms with Gasteiger partial charge in [0.2, 0.25) is 0 Å². The zero-order valence-electron chi connectivity index (χ0n) is 19.5. The molecule has 1 spiro atoms. The Morgan fingerprint density at radius 3 is 2.94 bits per heavy atom. The minimum Gasteiger partial charge on any atom is -0.391 e. The molecule has 3 aromatic rings. The van der Waals surface area contributed by atoms with Crippen LogP contribution in [0, 0.1) is 17.1 Å². The molecule has 6 rings (SSSR count). The van der Waals surface area contributed by atoms with E-state index in [0.29, 0.717) is 42.0 Å². The van der Waals surface area contributed by atoms with Crippen LogP contribution in [0.2, 0.25) is 0 Å². The van der Waals surface area contributed by atoms with Gasteiger partial charge in [0, 0.05) is 31.6 Å². The first-order valence-corrected chi connectivity index (χ1v) is 12.0. The summed E-state index contributed by atoms with van der Waals surface area (Å²) in [5, 5.41) is 22.2. The Morgan fingerprint density at radius 1 is 1.31 bits per heavy atom. The topological polar surface area (TPSA) is 111 Å². The summed E-state index contributed by atoms with van der Waals surface area (Å²) in [5.41, 5.74) is 3.81. The molecule has 0 unspecified atom stereocenters. The second-order valence-electron chi connectivity index (χ2n) is 9.65. The number of hydrogen-bond acceptors (Lipinski definition) is 7. The van der Waals surface area contributed by atoms with Gasteiger partial charge in [-0.15, -0.1) is 0 Å². The van der Waals surface area contributed by atoms with Crippen LogP contribution in [0.15, 0.2) is 42.6 Å². The molecule has 0 saturated carbocycles. The molecule has 182 valence electrons. The lowest BCUT2D eigenvalue weighted by Crippen LogP contribution is -2.33. The number of aliphatic hydroxyl groups is 1. The lowest BCUT2D eigenvalue weighted by Gasteiger charge is -2.24. The molecule has 9 heteroatoms. The smallest absolute Gasteiger partial charge is 0.253 e. The molecule has 8 nitrogen and oxygen atoms in total. The number of aliphatic hydroxyl groups excluding tert-OH is 1. The lowest BCUT2D eigenvalue weighted by atomic mass is 9.97. The fraction of sp³-hybridized carbons (Fsp3) is 0.333. The Balaban J connectivity index is 1.29. The molecule has 0 radical (unpaired) electrons. The zero-order valence-corrected chi connectivity index (χ0v) is 19.5. The normalized spacial score (nSPS) is 22.6. The van der Waals surface area contributed by atoms with Crippen LogP contribution in [0.1, 0.15) is 45.7 Å². The average molecular weight is 486 g/mol. The number of rotatable bonds is 4. The number of nitriles is 1. The predicted octanol–water partition coefficient (Wildman–Crippen LogP) is 2.72. The van der Waals surface area contributed by atoms with Crippen molar-refractivity contribution >= 4 is 11.6 Å². The number of anilines is 1. The van der Waals surface area contributed by atoms with Gasteiger partial charge in [-0.1, -0.05) is 6.07 Å². The van der Waals surface area contributed by atoms with Gasteiger partial charge in [-0.2, -0.15) is 5.26 Å². The number of ether oxygens (including phenoxy) is 1. The van der Waals surface area contributed by atoms with Crippen molar-refractivity contribution in [2.24, 2.45) is 0 Å². The maximum atomic E-state index is 14.7. The molecule has 3 aliphatic rings. The number of carbonyl (C=O) groups excluding carboxylic acids is 1. The molecular formula is C27H24FN5O3. The van der Waals surface area contributed by atoms with Crippen molar-refractivity contribution in [3.8, 4) is 17.3 Å². The number of pyridine rings is 2. The molecule has 3 aliphatic heterocycles. The number of halogens is 1. The number of amides is 1. The van der Waals surface area contributed by atoms with Crippen molar-refractivity contribution in [1.82, 2.24) is 15.3 Å². The van der Waals surface area contributed by atoms with Crippen molar-refractivity contribution in [2.75, 3.05) is 24.6 Å². The summed E-state index contributed by atoms with van der Waals surface area (Å²) >= 11 is 0. The SMILES string of the molecule is N#Cc1cccc(F)c1-c1cc(Cc2ccc(N3CC[C@]4(C[C@@H](O)CO4)C3)cn2)c2c(n1)CNC2=O. The maximum absolute atomic E-state index is 14.7. The van der Waals surface area contributed by atoms with E-state index in [9.17, 15) is 19.6 Å². The van der Waals surface area contributed by atoms with Gasteiger partial charge >= 0.3 is 0 Å². The largest absolute Gasteiger partial charge is 0.391 e. The first-order valence-electron chi connectivity index (χ1n) is 12.0. The highest BCUT2D eigenvalue weighted by Crippen LogP contribution is 2.37. The first-order chi connectivity index (χ1) is 17.4. The van der Waals surface area contributed by atoms with Crippen molar-refractivity contribution < 1.29 is 19.0 Å². The molecule has 1 amide bonds. The Kier molecular flexibility index (Phi) is 5.43. The van der Waals surface area contributed by atoms with E-state index >= 15 is 0 Å². The molecule has 0 bridgehead atoms. The Hall–Kier alpha value is -3.87. The van der Waals surface area contributed by atoms with Crippen molar-refractivity contribution in [1.29, 1.82) is 5.26 Å². The molecule has 2 atom stereocenters. The summed E-state index contributed by atoms with van der Waals surface area (Å²) < 4.78 is 20.6. The number of nitrogens with one attached hydrogen (secondary N) is 1. The second-order valence-corrected chi connectivity index (χ2v) is 9.65. The quantitative estimate of drug-likeness (QED) is 0.585. The minimum atomic E-state index is -0.533. The van der Waals surface area contributed by atoms with Gasteiger partial charge in [-0.25, -0.2) is 9.37 Å². The minimum absolute atomic E-state index is 0.133. The Bertz CT molecular complexity index is 1400. The maximum Gasteiger partial charge on any atom is 0.253 e. The van der Waals surface area contributed by atoms with Crippen molar-refractivity contribution in [3.63, 3.8) is 0 Å². The van der Waals surface area contributed by atoms with Crippen LogP contribution in [-0.4, -0.2) is 52.4 Å². The van der Waals surface area contributed by atoms with Gasteiger partial charge in [-0.3, -0.25) is 9.78 Å². The fourth-order valence-corrected chi connectivity index (χ4v) is 5.53. The van der Waals surface area contributed by atoms with Crippen LogP contribution in [0.4, 0.5) is 10.1 Å². The van der Waals surface area contributed by atoms with E-state index < -0.39 is 11.9 Å². The second kappa shape index (κ2) is 8.66. The number of aromatic nitrogens is 2. The fourth-order valence-electron chi connectivity index (χ4n) is 5.53. The van der Waals surface area contributed by atoms with E-state index in [0.717, 1.165) is 30.9 Å². The van der Waals surface area contributed by atoms with Crippen molar-refractivity contribution in [2.45, 2.75) is 37.5 Å². The monoisotopic (exact) mass is 485 g/mol. The van der Waals surface area contributed by atoms with Crippen LogP contribution in [0.5, 0.6) is 0 Å². The van der Waals surface area contributed by atoms with Crippen LogP contribution in [0.3, 0.4) is 0 Å². The van der Waals surface area contributed by atoms with Gasteiger partial charge < -0.3 is 20.1 Å². The molecule has 2 aromatic heterocycles. The van der Waals surface area contributed by atoms with Crippen molar-refractivity contribution in [3.05, 3.63) is 76.5 Å². The number of hydrogen-bond donors (Lipinski definition) is 2. The summed E-state index contributed by atoms with van der Waals surface area (Å²) in [6.45, 7) is 2.19. The summed E-state index contributed by atoms with van der Waals surface area (Å²) in [4.78, 5) is 23.9. The molecule has 5 heterocycles. The molecule has 2 N–H and O–H groups in total. The highest BCUT2D eigenvalue weighted by molar-refractivity contribution is 5.99. The molecule has 2 saturated heterocycles. The van der Waals surface area contributed by atoms with Crippen LogP contribution in [-0.2, 0) is 17.7 Å². The lowest BCUT2D eigenvalue weighted by molar-refractivity contribution is 0.0185. The van der Waals surface area contributed by atoms with Gasteiger partial charge in [0.1, 0.15) is 5.82 Å². The van der Waals surface area contributed by atoms with Crippen LogP contribution in [0.25, 0.3) is 11.3 Å². The first kappa shape index (κ1) is 22.6. The van der Waals surface area contributed by atoms with E-state index in [1.165, 1.54) is 12.1 Å². The van der Waals surface area contributed by atoms with E-state index in [4.69, 9.17) is 4.74 Å². The Labute approximate surface area is 207 Å². The number of nitrogens with zero attached hydrogens (tertiary/aromatic N) is 4. The van der Waals surface area contributed by atoms with Gasteiger partial charge in [0.15, 0.2) is 0 Å². The molecule has 1 aromatic carbocycles. The summed E-state index contributed by atoms with van der Waals surface area (Å²) in [7, 11) is 0. The average Bonchev–Trinajstić information content (AvgIpc) is 3.58. The number of carbonyl (C=O) groups is 1. The van der Waals surface area contributed by atoms with E-state index in [-0.39, 0.29) is 29.2 Å². The van der Waals surface area contributed by atoms with E-state index in [2.05, 4.69) is 20.2 Å². The highest BCUT2D eigenvalue weighted by atomic mass is 19.1. The molecule has 0 aliphatic carbocycles. The summed E-state index contributed by atoms with van der Waals surface area (Å²) in [6, 6.07) is 12.0. The standard InChI is InChI=1S/C27H24FN5O3/c28-21-3-1-2-16(11-29)24(21)22-9-17(25-23(32-22)13-31-26(25)35)8-18-4-5-19(12-30-18)33-7-6-27(15-33)10-20(34)14-36-27/h1-5,9,12,20,34H,6-8,10,13-15H2,(H,31,35)/t20-,27+/m1/s1. The van der Waals surface area contributed by atoms with E-state index in [1.807, 2.05) is 24.4 Å². The van der Waals surface area contributed by atoms with Crippen LogP contribution < -0.4 is 10.2 Å². The third kappa shape index (κ3) is 3.88. The number of benzene rings is 1. The van der Waals surface area contributed by atoms with Gasteiger partial charge in [-0.05, 0) is 42.3 Å². The molecule has 36 heavy (non-hydrogen) atoms. The van der Waals surface area contributed by atoms with Gasteiger partial charge in [0.05, 0.1) is 70.9 Å². The number of fused-ring (bicyclic) bond motifs is 1. The summed E-state index contributed by atoms with van der Waals surface area (Å²) in [6.07, 6.45) is 3.30. The predicted molar refractivity (Wildman–Crippen MR) is 129 cm³/mol. The highest BCUT2D eigenvalue weighted by Gasteiger charge is 2.45. The van der Waals surface area contributed by atoms with Gasteiger partial charge in [0.25, 0.3) is 5.91 Å². The Morgan fingerprint density at radius 2 is 2.19 bits per heavy atom. The third-order valence-electron chi connectivity index (χ3n) is 7.26. The molecular weight excluding hydrogens is 461 g/mol. The summed E-state index contributed by atoms with van der Waals surface area (Å²) in [5.74, 6) is -0.750. The van der Waals surface area contributed by atoms with E-state index in [1.54, 1.807) is 12.1 Å². The van der Waals surface area contributed by atoms with Crippen LogP contribution >= 0.6 is 0 Å².